The number of aromatic nitrogens is 1. The highest BCUT2D eigenvalue weighted by molar-refractivity contribution is 7.80. The second-order valence-corrected chi connectivity index (χ2v) is 6.02. The van der Waals surface area contributed by atoms with E-state index in [9.17, 15) is 0 Å². The lowest BCUT2D eigenvalue weighted by atomic mass is 10.1. The SMILES string of the molecule is Cc1ccnc(NC(C)Cc2cccs2)c1C(N)=S. The zero-order chi connectivity index (χ0) is 13.8. The topological polar surface area (TPSA) is 50.9 Å². The molecule has 2 aromatic rings. The summed E-state index contributed by atoms with van der Waals surface area (Å²) in [4.78, 5) is 6.09. The molecule has 0 aliphatic rings. The summed E-state index contributed by atoms with van der Waals surface area (Å²) < 4.78 is 0. The van der Waals surface area contributed by atoms with E-state index in [1.165, 1.54) is 4.88 Å². The second kappa shape index (κ2) is 6.12. The number of rotatable bonds is 5. The molecule has 5 heteroatoms. The molecule has 0 aliphatic heterocycles. The fourth-order valence-electron chi connectivity index (χ4n) is 1.99. The van der Waals surface area contributed by atoms with Gasteiger partial charge in [-0.2, -0.15) is 0 Å². The molecule has 100 valence electrons. The number of aryl methyl sites for hydroxylation is 1. The normalized spacial score (nSPS) is 12.1. The summed E-state index contributed by atoms with van der Waals surface area (Å²) in [7, 11) is 0. The Labute approximate surface area is 122 Å². The largest absolute Gasteiger partial charge is 0.389 e. The molecule has 2 aromatic heterocycles. The smallest absolute Gasteiger partial charge is 0.136 e. The molecule has 2 heterocycles. The maximum Gasteiger partial charge on any atom is 0.136 e. The quantitative estimate of drug-likeness (QED) is 0.831. The van der Waals surface area contributed by atoms with Gasteiger partial charge in [0.15, 0.2) is 0 Å². The second-order valence-electron chi connectivity index (χ2n) is 4.54. The van der Waals surface area contributed by atoms with Crippen molar-refractivity contribution >= 4 is 34.4 Å². The van der Waals surface area contributed by atoms with Crippen molar-refractivity contribution in [2.24, 2.45) is 5.73 Å². The molecule has 0 fully saturated rings. The zero-order valence-corrected chi connectivity index (χ0v) is 12.6. The van der Waals surface area contributed by atoms with E-state index in [1.54, 1.807) is 17.5 Å². The summed E-state index contributed by atoms with van der Waals surface area (Å²) in [5.74, 6) is 0.775. The minimum absolute atomic E-state index is 0.279. The van der Waals surface area contributed by atoms with Crippen LogP contribution in [0.2, 0.25) is 0 Å². The number of thiophene rings is 1. The molecule has 0 saturated heterocycles. The Kier molecular flexibility index (Phi) is 4.50. The van der Waals surface area contributed by atoms with Gasteiger partial charge < -0.3 is 11.1 Å². The summed E-state index contributed by atoms with van der Waals surface area (Å²) in [6, 6.07) is 6.41. The molecular weight excluding hydrogens is 274 g/mol. The summed E-state index contributed by atoms with van der Waals surface area (Å²) in [5, 5.41) is 5.49. The maximum atomic E-state index is 5.78. The summed E-state index contributed by atoms with van der Waals surface area (Å²) in [6.45, 7) is 4.12. The van der Waals surface area contributed by atoms with Gasteiger partial charge in [-0.25, -0.2) is 4.98 Å². The van der Waals surface area contributed by atoms with Crippen molar-refractivity contribution in [2.75, 3.05) is 5.32 Å². The standard InChI is InChI=1S/C14H17N3S2/c1-9-5-6-16-14(12(9)13(15)18)17-10(2)8-11-4-3-7-19-11/h3-7,10H,8H2,1-2H3,(H2,15,18)(H,16,17). The van der Waals surface area contributed by atoms with E-state index in [4.69, 9.17) is 18.0 Å². The van der Waals surface area contributed by atoms with Crippen LogP contribution >= 0.6 is 23.6 Å². The first-order chi connectivity index (χ1) is 9.08. The summed E-state index contributed by atoms with van der Waals surface area (Å²) in [5.41, 5.74) is 7.67. The molecule has 19 heavy (non-hydrogen) atoms. The number of pyridine rings is 1. The van der Waals surface area contributed by atoms with Crippen LogP contribution in [0.5, 0.6) is 0 Å². The van der Waals surface area contributed by atoms with Crippen LogP contribution in [0.1, 0.15) is 22.9 Å². The van der Waals surface area contributed by atoms with Crippen LogP contribution in [0.15, 0.2) is 29.8 Å². The van der Waals surface area contributed by atoms with Crippen molar-refractivity contribution in [1.82, 2.24) is 4.98 Å². The number of anilines is 1. The summed E-state index contributed by atoms with van der Waals surface area (Å²) >= 11 is 6.87. The molecule has 1 unspecified atom stereocenters. The molecule has 0 aliphatic carbocycles. The van der Waals surface area contributed by atoms with E-state index < -0.39 is 0 Å². The average molecular weight is 291 g/mol. The van der Waals surface area contributed by atoms with Gasteiger partial charge in [0, 0.05) is 23.5 Å². The van der Waals surface area contributed by atoms with Gasteiger partial charge in [-0.1, -0.05) is 18.3 Å². The fraction of sp³-hybridized carbons (Fsp3) is 0.286. The third-order valence-electron chi connectivity index (χ3n) is 2.88. The molecule has 0 aromatic carbocycles. The first kappa shape index (κ1) is 14.0. The number of nitrogens with one attached hydrogen (secondary N) is 1. The van der Waals surface area contributed by atoms with Crippen LogP contribution in [0.4, 0.5) is 5.82 Å². The minimum atomic E-state index is 0.279. The van der Waals surface area contributed by atoms with Crippen LogP contribution in [-0.4, -0.2) is 16.0 Å². The highest BCUT2D eigenvalue weighted by Crippen LogP contribution is 2.19. The van der Waals surface area contributed by atoms with E-state index >= 15 is 0 Å². The first-order valence-corrected chi connectivity index (χ1v) is 7.41. The van der Waals surface area contributed by atoms with Crippen LogP contribution in [0.25, 0.3) is 0 Å². The minimum Gasteiger partial charge on any atom is -0.389 e. The van der Waals surface area contributed by atoms with Crippen LogP contribution in [0, 0.1) is 6.92 Å². The van der Waals surface area contributed by atoms with Crippen molar-refractivity contribution in [1.29, 1.82) is 0 Å². The van der Waals surface area contributed by atoms with Gasteiger partial charge in [0.05, 0.1) is 5.56 Å². The number of nitrogens with zero attached hydrogens (tertiary/aromatic N) is 1. The van der Waals surface area contributed by atoms with Crippen LogP contribution in [0.3, 0.4) is 0 Å². The number of hydrogen-bond donors (Lipinski definition) is 2. The molecule has 0 spiro atoms. The average Bonchev–Trinajstić information content (AvgIpc) is 2.81. The molecular formula is C14H17N3S2. The highest BCUT2D eigenvalue weighted by atomic mass is 32.1. The first-order valence-electron chi connectivity index (χ1n) is 6.12. The van der Waals surface area contributed by atoms with Crippen molar-refractivity contribution < 1.29 is 0 Å². The van der Waals surface area contributed by atoms with E-state index in [0.29, 0.717) is 4.99 Å². The molecule has 3 N–H and O–H groups in total. The van der Waals surface area contributed by atoms with E-state index in [1.807, 2.05) is 13.0 Å². The lowest BCUT2D eigenvalue weighted by Gasteiger charge is -2.17. The predicted octanol–water partition coefficient (Wildman–Crippen LogP) is 3.13. The molecule has 0 amide bonds. The Balaban J connectivity index is 2.14. The Morgan fingerprint density at radius 1 is 1.53 bits per heavy atom. The highest BCUT2D eigenvalue weighted by Gasteiger charge is 2.12. The van der Waals surface area contributed by atoms with Gasteiger partial charge in [0.2, 0.25) is 0 Å². The monoisotopic (exact) mass is 291 g/mol. The predicted molar refractivity (Wildman–Crippen MR) is 86.0 cm³/mol. The van der Waals surface area contributed by atoms with Crippen molar-refractivity contribution in [3.05, 3.63) is 45.8 Å². The maximum absolute atomic E-state index is 5.78. The van der Waals surface area contributed by atoms with Gasteiger partial charge in [-0.3, -0.25) is 0 Å². The van der Waals surface area contributed by atoms with Gasteiger partial charge in [-0.05, 0) is 36.9 Å². The number of hydrogen-bond acceptors (Lipinski definition) is 4. The lowest BCUT2D eigenvalue weighted by molar-refractivity contribution is 0.794. The van der Waals surface area contributed by atoms with Crippen molar-refractivity contribution in [3.8, 4) is 0 Å². The van der Waals surface area contributed by atoms with Crippen LogP contribution in [-0.2, 0) is 6.42 Å². The fourth-order valence-corrected chi connectivity index (χ4v) is 3.09. The Bertz CT molecular complexity index is 564. The number of nitrogens with two attached hydrogens (primary N) is 1. The molecule has 0 bridgehead atoms. The lowest BCUT2D eigenvalue weighted by Crippen LogP contribution is -2.22. The molecule has 3 nitrogen and oxygen atoms in total. The Morgan fingerprint density at radius 2 is 2.32 bits per heavy atom. The van der Waals surface area contributed by atoms with Crippen molar-refractivity contribution in [2.45, 2.75) is 26.3 Å². The van der Waals surface area contributed by atoms with E-state index in [2.05, 4.69) is 34.7 Å². The Morgan fingerprint density at radius 3 is 2.95 bits per heavy atom. The molecule has 1 atom stereocenters. The van der Waals surface area contributed by atoms with Crippen molar-refractivity contribution in [3.63, 3.8) is 0 Å². The van der Waals surface area contributed by atoms with Gasteiger partial charge in [0.25, 0.3) is 0 Å². The Hall–Kier alpha value is -1.46. The van der Waals surface area contributed by atoms with Crippen LogP contribution < -0.4 is 11.1 Å². The van der Waals surface area contributed by atoms with E-state index in [0.717, 1.165) is 23.4 Å². The molecule has 2 rings (SSSR count). The third-order valence-corrected chi connectivity index (χ3v) is 3.98. The van der Waals surface area contributed by atoms with E-state index in [-0.39, 0.29) is 6.04 Å². The summed E-state index contributed by atoms with van der Waals surface area (Å²) in [6.07, 6.45) is 2.74. The molecule has 0 radical (unpaired) electrons. The molecule has 0 saturated carbocycles. The van der Waals surface area contributed by atoms with Gasteiger partial charge >= 0.3 is 0 Å². The van der Waals surface area contributed by atoms with Gasteiger partial charge in [0.1, 0.15) is 10.8 Å². The third kappa shape index (κ3) is 3.52. The van der Waals surface area contributed by atoms with Gasteiger partial charge in [-0.15, -0.1) is 11.3 Å². The zero-order valence-electron chi connectivity index (χ0n) is 11.0. The number of thiocarbonyl (C=S) groups is 1.